The first-order valence-corrected chi connectivity index (χ1v) is 11.6. The van der Waals surface area contributed by atoms with Gasteiger partial charge in [-0.2, -0.15) is 5.26 Å². The molecule has 3 rings (SSSR count). The van der Waals surface area contributed by atoms with E-state index in [0.717, 1.165) is 31.6 Å². The molecule has 0 spiro atoms. The Hall–Kier alpha value is -2.04. The van der Waals surface area contributed by atoms with Crippen molar-refractivity contribution in [3.05, 3.63) is 34.7 Å². The molecule has 2 aliphatic heterocycles. The minimum Gasteiger partial charge on any atom is -0.388 e. The Morgan fingerprint density at radius 3 is 2.35 bits per heavy atom. The molecule has 0 saturated carbocycles. The molecule has 5 atom stereocenters. The van der Waals surface area contributed by atoms with E-state index >= 15 is 0 Å². The second-order valence-corrected chi connectivity index (χ2v) is 9.38. The van der Waals surface area contributed by atoms with Crippen molar-refractivity contribution in [1.82, 2.24) is 4.72 Å². The first kappa shape index (κ1) is 23.6. The molecule has 5 N–H and O–H groups in total. The second kappa shape index (κ2) is 10.1. The standard InChI is InChI=1S/C20H27N3O7S/c21-11-15(10-13-4-6-14(7-5-13)23-8-2-1-3-9-23)31(28,29)22-12-16-17(24)18(25)19(26)20(27)30-16/h4-7,10,16-20,22,24-27H,1-3,8-9,12H2/b15-10+/t16-,17-,18+,19-,20?/m1/s1. The van der Waals surface area contributed by atoms with Crippen LogP contribution in [-0.4, -0.2) is 79.2 Å². The largest absolute Gasteiger partial charge is 0.388 e. The van der Waals surface area contributed by atoms with E-state index in [9.17, 15) is 34.1 Å². The van der Waals surface area contributed by atoms with Crippen LogP contribution >= 0.6 is 0 Å². The summed E-state index contributed by atoms with van der Waals surface area (Å²) in [5.41, 5.74) is 1.57. The van der Waals surface area contributed by atoms with Crippen molar-refractivity contribution in [1.29, 1.82) is 5.26 Å². The van der Waals surface area contributed by atoms with Gasteiger partial charge in [0.05, 0.1) is 0 Å². The third kappa shape index (κ3) is 5.61. The highest BCUT2D eigenvalue weighted by atomic mass is 32.2. The summed E-state index contributed by atoms with van der Waals surface area (Å²) < 4.78 is 32.1. The number of ether oxygens (including phenoxy) is 1. The van der Waals surface area contributed by atoms with Gasteiger partial charge in [-0.05, 0) is 43.0 Å². The Morgan fingerprint density at radius 2 is 1.74 bits per heavy atom. The quantitative estimate of drug-likeness (QED) is 0.349. The third-order valence-corrected chi connectivity index (χ3v) is 6.81. The van der Waals surface area contributed by atoms with Crippen molar-refractivity contribution < 1.29 is 33.6 Å². The molecule has 2 saturated heterocycles. The maximum atomic E-state index is 12.5. The number of aliphatic hydroxyl groups is 4. The molecular weight excluding hydrogens is 426 g/mol. The minimum absolute atomic E-state index is 0.517. The topological polar surface area (TPSA) is 163 Å². The summed E-state index contributed by atoms with van der Waals surface area (Å²) in [5.74, 6) is 0. The van der Waals surface area contributed by atoms with Gasteiger partial charge in [-0.1, -0.05) is 12.1 Å². The summed E-state index contributed by atoms with van der Waals surface area (Å²) >= 11 is 0. The zero-order chi connectivity index (χ0) is 22.6. The van der Waals surface area contributed by atoms with Crippen molar-refractivity contribution in [2.24, 2.45) is 0 Å². The van der Waals surface area contributed by atoms with Crippen molar-refractivity contribution in [2.75, 3.05) is 24.5 Å². The van der Waals surface area contributed by atoms with E-state index in [4.69, 9.17) is 4.74 Å². The third-order valence-electron chi connectivity index (χ3n) is 5.47. The Kier molecular flexibility index (Phi) is 7.66. The highest BCUT2D eigenvalue weighted by Gasteiger charge is 2.43. The number of anilines is 1. The smallest absolute Gasteiger partial charge is 0.250 e. The SMILES string of the molecule is N#C/C(=C\c1ccc(N2CCCCC2)cc1)S(=O)(=O)NC[C@H]1OC(O)[C@H](O)[C@@H](O)[C@@H]1O. The molecule has 1 unspecified atom stereocenters. The molecule has 2 aliphatic rings. The molecule has 1 aromatic rings. The van der Waals surface area contributed by atoms with Crippen LogP contribution in [0.5, 0.6) is 0 Å². The fraction of sp³-hybridized carbons (Fsp3) is 0.550. The first-order chi connectivity index (χ1) is 14.7. The highest BCUT2D eigenvalue weighted by Crippen LogP contribution is 2.22. The van der Waals surface area contributed by atoms with Crippen LogP contribution in [0, 0.1) is 11.3 Å². The van der Waals surface area contributed by atoms with Gasteiger partial charge in [0.2, 0.25) is 0 Å². The van der Waals surface area contributed by atoms with Crippen LogP contribution in [0.2, 0.25) is 0 Å². The average molecular weight is 454 g/mol. The number of nitrogens with zero attached hydrogens (tertiary/aromatic N) is 2. The number of piperidine rings is 1. The number of nitrogens with one attached hydrogen (secondary N) is 1. The molecule has 11 heteroatoms. The van der Waals surface area contributed by atoms with Gasteiger partial charge >= 0.3 is 0 Å². The number of sulfonamides is 1. The number of benzene rings is 1. The van der Waals surface area contributed by atoms with E-state index in [0.29, 0.717) is 5.56 Å². The Balaban J connectivity index is 1.67. The van der Waals surface area contributed by atoms with Crippen molar-refractivity contribution in [3.8, 4) is 6.07 Å². The lowest BCUT2D eigenvalue weighted by atomic mass is 9.99. The van der Waals surface area contributed by atoms with Crippen molar-refractivity contribution in [3.63, 3.8) is 0 Å². The Morgan fingerprint density at radius 1 is 1.10 bits per heavy atom. The molecule has 10 nitrogen and oxygen atoms in total. The van der Waals surface area contributed by atoms with Gasteiger partial charge in [0, 0.05) is 25.3 Å². The summed E-state index contributed by atoms with van der Waals surface area (Å²) in [6.45, 7) is 1.44. The van der Waals surface area contributed by atoms with Crippen LogP contribution in [0.4, 0.5) is 5.69 Å². The van der Waals surface area contributed by atoms with E-state index in [1.807, 2.05) is 12.1 Å². The van der Waals surface area contributed by atoms with Gasteiger partial charge in [0.15, 0.2) is 11.2 Å². The normalized spacial score (nSPS) is 30.1. The molecule has 0 amide bonds. The number of hydrogen-bond donors (Lipinski definition) is 5. The molecule has 2 heterocycles. The number of rotatable bonds is 6. The number of nitriles is 1. The van der Waals surface area contributed by atoms with Crippen molar-refractivity contribution in [2.45, 2.75) is 50.0 Å². The number of hydrogen-bond acceptors (Lipinski definition) is 9. The predicted octanol–water partition coefficient (Wildman–Crippen LogP) is -0.739. The van der Waals surface area contributed by atoms with E-state index < -0.39 is 52.2 Å². The Labute approximate surface area is 181 Å². The van der Waals surface area contributed by atoms with Crippen LogP contribution in [-0.2, 0) is 14.8 Å². The van der Waals surface area contributed by atoms with Gasteiger partial charge in [-0.15, -0.1) is 0 Å². The lowest BCUT2D eigenvalue weighted by Gasteiger charge is -2.38. The summed E-state index contributed by atoms with van der Waals surface area (Å²) in [4.78, 5) is 1.72. The summed E-state index contributed by atoms with van der Waals surface area (Å²) in [7, 11) is -4.25. The molecule has 31 heavy (non-hydrogen) atoms. The minimum atomic E-state index is -4.25. The maximum Gasteiger partial charge on any atom is 0.250 e. The molecule has 0 radical (unpaired) electrons. The fourth-order valence-electron chi connectivity index (χ4n) is 3.62. The first-order valence-electron chi connectivity index (χ1n) is 10.1. The molecule has 2 fully saturated rings. The lowest BCUT2D eigenvalue weighted by Crippen LogP contribution is -2.59. The van der Waals surface area contributed by atoms with Gasteiger partial charge < -0.3 is 30.1 Å². The fourth-order valence-corrected chi connectivity index (χ4v) is 4.57. The molecule has 0 aliphatic carbocycles. The molecule has 170 valence electrons. The number of allylic oxidation sites excluding steroid dienone is 1. The van der Waals surface area contributed by atoms with Gasteiger partial charge in [0.25, 0.3) is 10.0 Å². The monoisotopic (exact) mass is 453 g/mol. The van der Waals surface area contributed by atoms with E-state index in [-0.39, 0.29) is 0 Å². The van der Waals surface area contributed by atoms with Crippen LogP contribution in [0.25, 0.3) is 6.08 Å². The van der Waals surface area contributed by atoms with Gasteiger partial charge in [-0.3, -0.25) is 0 Å². The highest BCUT2D eigenvalue weighted by molar-refractivity contribution is 7.93. The van der Waals surface area contributed by atoms with E-state index in [2.05, 4.69) is 9.62 Å². The van der Waals surface area contributed by atoms with Gasteiger partial charge in [-0.25, -0.2) is 13.1 Å². The van der Waals surface area contributed by atoms with E-state index in [1.54, 1.807) is 18.2 Å². The van der Waals surface area contributed by atoms with Crippen LogP contribution in [0.15, 0.2) is 29.2 Å². The van der Waals surface area contributed by atoms with Crippen LogP contribution < -0.4 is 9.62 Å². The van der Waals surface area contributed by atoms with Gasteiger partial charge in [0.1, 0.15) is 30.5 Å². The molecule has 0 bridgehead atoms. The summed E-state index contributed by atoms with van der Waals surface area (Å²) in [5, 5.41) is 48.0. The maximum absolute atomic E-state index is 12.5. The lowest BCUT2D eigenvalue weighted by molar-refractivity contribution is -0.279. The molecule has 1 aromatic carbocycles. The Bertz CT molecular complexity index is 923. The van der Waals surface area contributed by atoms with E-state index in [1.165, 1.54) is 12.5 Å². The van der Waals surface area contributed by atoms with Crippen molar-refractivity contribution >= 4 is 21.8 Å². The predicted molar refractivity (Wildman–Crippen MR) is 112 cm³/mol. The zero-order valence-electron chi connectivity index (χ0n) is 16.8. The molecular formula is C20H27N3O7S. The number of aliphatic hydroxyl groups excluding tert-OH is 4. The second-order valence-electron chi connectivity index (χ2n) is 7.65. The van der Waals surface area contributed by atoms with Crippen LogP contribution in [0.3, 0.4) is 0 Å². The average Bonchev–Trinajstić information content (AvgIpc) is 2.78. The summed E-state index contributed by atoms with van der Waals surface area (Å²) in [6, 6.07) is 8.88. The molecule has 0 aromatic heterocycles. The zero-order valence-corrected chi connectivity index (χ0v) is 17.6. The van der Waals surface area contributed by atoms with Crippen LogP contribution in [0.1, 0.15) is 24.8 Å². The summed E-state index contributed by atoms with van der Waals surface area (Å²) in [6.07, 6.45) is -3.42.